The van der Waals surface area contributed by atoms with E-state index < -0.39 is 0 Å². The third-order valence-electron chi connectivity index (χ3n) is 5.19. The number of hydrogen-bond donors (Lipinski definition) is 1. The molecule has 0 bridgehead atoms. The summed E-state index contributed by atoms with van der Waals surface area (Å²) in [4.78, 5) is 12.6. The molecule has 0 aromatic heterocycles. The lowest BCUT2D eigenvalue weighted by Crippen LogP contribution is -2.42. The van der Waals surface area contributed by atoms with E-state index in [2.05, 4.69) is 5.32 Å². The second kappa shape index (κ2) is 7.68. The number of benzene rings is 2. The highest BCUT2D eigenvalue weighted by atomic mass is 19.1. The van der Waals surface area contributed by atoms with Gasteiger partial charge in [0.05, 0.1) is 12.7 Å². The standard InChI is InChI=1S/C21H24FNO2/c1-25-19-11-4-3-10-18(19)20(24)23-15-21(12-5-2-6-13-21)16-8-7-9-17(22)14-16/h3-4,7-11,14H,2,5-6,12-13,15H2,1H3,(H,23,24). The van der Waals surface area contributed by atoms with Crippen molar-refractivity contribution in [3.8, 4) is 5.75 Å². The fourth-order valence-corrected chi connectivity index (χ4v) is 3.79. The van der Waals surface area contributed by atoms with E-state index >= 15 is 0 Å². The Bertz CT molecular complexity index is 738. The van der Waals surface area contributed by atoms with Crippen LogP contribution >= 0.6 is 0 Å². The molecule has 1 N–H and O–H groups in total. The number of nitrogens with one attached hydrogen (secondary N) is 1. The summed E-state index contributed by atoms with van der Waals surface area (Å²) < 4.78 is 19.0. The van der Waals surface area contributed by atoms with Crippen LogP contribution in [0.2, 0.25) is 0 Å². The molecule has 4 heteroatoms. The molecule has 1 fully saturated rings. The molecule has 0 saturated heterocycles. The van der Waals surface area contributed by atoms with Crippen molar-refractivity contribution in [2.24, 2.45) is 0 Å². The summed E-state index contributed by atoms with van der Waals surface area (Å²) in [7, 11) is 1.56. The van der Waals surface area contributed by atoms with Gasteiger partial charge in [-0.3, -0.25) is 4.79 Å². The first-order chi connectivity index (χ1) is 12.1. The van der Waals surface area contributed by atoms with Gasteiger partial charge in [0.15, 0.2) is 0 Å². The summed E-state index contributed by atoms with van der Waals surface area (Å²) >= 11 is 0. The molecule has 1 amide bonds. The number of ether oxygens (including phenoxy) is 1. The fourth-order valence-electron chi connectivity index (χ4n) is 3.79. The molecule has 0 spiro atoms. The molecule has 0 heterocycles. The molecule has 0 unspecified atom stereocenters. The van der Waals surface area contributed by atoms with Crippen LogP contribution in [0.4, 0.5) is 4.39 Å². The fraction of sp³-hybridized carbons (Fsp3) is 0.381. The second-order valence-electron chi connectivity index (χ2n) is 6.73. The molecule has 1 saturated carbocycles. The normalized spacial score (nSPS) is 16.2. The number of amides is 1. The highest BCUT2D eigenvalue weighted by molar-refractivity contribution is 5.96. The largest absolute Gasteiger partial charge is 0.496 e. The summed E-state index contributed by atoms with van der Waals surface area (Å²) in [6, 6.07) is 14.0. The molecule has 0 radical (unpaired) electrons. The minimum absolute atomic E-state index is 0.154. The van der Waals surface area contributed by atoms with Crippen LogP contribution in [0.5, 0.6) is 5.75 Å². The Labute approximate surface area is 148 Å². The van der Waals surface area contributed by atoms with Gasteiger partial charge in [0, 0.05) is 12.0 Å². The highest BCUT2D eigenvalue weighted by Gasteiger charge is 2.34. The average molecular weight is 341 g/mol. The van der Waals surface area contributed by atoms with Crippen LogP contribution in [0, 0.1) is 5.82 Å². The summed E-state index contributed by atoms with van der Waals surface area (Å²) in [5.41, 5.74) is 1.31. The van der Waals surface area contributed by atoms with Gasteiger partial charge >= 0.3 is 0 Å². The maximum atomic E-state index is 13.8. The molecule has 2 aromatic rings. The van der Waals surface area contributed by atoms with Gasteiger partial charge in [-0.05, 0) is 42.7 Å². The van der Waals surface area contributed by atoms with Crippen molar-refractivity contribution in [3.05, 3.63) is 65.5 Å². The van der Waals surface area contributed by atoms with Crippen LogP contribution < -0.4 is 10.1 Å². The number of hydrogen-bond acceptors (Lipinski definition) is 2. The number of halogens is 1. The summed E-state index contributed by atoms with van der Waals surface area (Å²) in [6.07, 6.45) is 5.31. The molecule has 1 aliphatic rings. The number of carbonyl (C=O) groups excluding carboxylic acids is 1. The zero-order valence-corrected chi connectivity index (χ0v) is 14.6. The van der Waals surface area contributed by atoms with Gasteiger partial charge in [0.2, 0.25) is 0 Å². The molecule has 1 aliphatic carbocycles. The van der Waals surface area contributed by atoms with E-state index in [0.717, 1.165) is 31.2 Å². The number of para-hydroxylation sites is 1. The molecule has 3 rings (SSSR count). The molecule has 0 aliphatic heterocycles. The van der Waals surface area contributed by atoms with Crippen molar-refractivity contribution >= 4 is 5.91 Å². The Morgan fingerprint density at radius 1 is 1.12 bits per heavy atom. The smallest absolute Gasteiger partial charge is 0.255 e. The SMILES string of the molecule is COc1ccccc1C(=O)NCC1(c2cccc(F)c2)CCCCC1. The van der Waals surface area contributed by atoms with Crippen molar-refractivity contribution < 1.29 is 13.9 Å². The van der Waals surface area contributed by atoms with Gasteiger partial charge in [-0.25, -0.2) is 4.39 Å². The number of methoxy groups -OCH3 is 1. The predicted octanol–water partition coefficient (Wildman–Crippen LogP) is 4.47. The maximum Gasteiger partial charge on any atom is 0.255 e. The van der Waals surface area contributed by atoms with E-state index in [1.54, 1.807) is 31.4 Å². The molecule has 2 aromatic carbocycles. The van der Waals surface area contributed by atoms with E-state index in [-0.39, 0.29) is 17.1 Å². The van der Waals surface area contributed by atoms with Crippen LogP contribution in [0.1, 0.15) is 48.0 Å². The topological polar surface area (TPSA) is 38.3 Å². The van der Waals surface area contributed by atoms with Crippen LogP contribution in [0.25, 0.3) is 0 Å². The monoisotopic (exact) mass is 341 g/mol. The van der Waals surface area contributed by atoms with Crippen molar-refractivity contribution in [3.63, 3.8) is 0 Å². The Morgan fingerprint density at radius 3 is 2.60 bits per heavy atom. The van der Waals surface area contributed by atoms with Crippen molar-refractivity contribution in [2.45, 2.75) is 37.5 Å². The van der Waals surface area contributed by atoms with E-state index in [1.165, 1.54) is 12.5 Å². The quantitative estimate of drug-likeness (QED) is 0.871. The van der Waals surface area contributed by atoms with Gasteiger partial charge in [-0.15, -0.1) is 0 Å². The van der Waals surface area contributed by atoms with Gasteiger partial charge < -0.3 is 10.1 Å². The third-order valence-corrected chi connectivity index (χ3v) is 5.19. The molecule has 0 atom stereocenters. The van der Waals surface area contributed by atoms with E-state index in [4.69, 9.17) is 4.74 Å². The summed E-state index contributed by atoms with van der Waals surface area (Å²) in [5, 5.41) is 3.06. The Morgan fingerprint density at radius 2 is 1.88 bits per heavy atom. The first-order valence-corrected chi connectivity index (χ1v) is 8.82. The minimum Gasteiger partial charge on any atom is -0.496 e. The molecule has 132 valence electrons. The van der Waals surface area contributed by atoms with E-state index in [9.17, 15) is 9.18 Å². The lowest BCUT2D eigenvalue weighted by atomic mass is 9.69. The zero-order valence-electron chi connectivity index (χ0n) is 14.6. The van der Waals surface area contributed by atoms with Gasteiger partial charge in [0.1, 0.15) is 11.6 Å². The highest BCUT2D eigenvalue weighted by Crippen LogP contribution is 2.39. The zero-order chi connectivity index (χ0) is 17.7. The van der Waals surface area contributed by atoms with Crippen molar-refractivity contribution in [2.75, 3.05) is 13.7 Å². The van der Waals surface area contributed by atoms with Crippen molar-refractivity contribution in [1.82, 2.24) is 5.32 Å². The maximum absolute atomic E-state index is 13.8. The number of rotatable bonds is 5. The van der Waals surface area contributed by atoms with Crippen LogP contribution in [-0.2, 0) is 5.41 Å². The Balaban J connectivity index is 1.81. The first-order valence-electron chi connectivity index (χ1n) is 8.82. The first kappa shape index (κ1) is 17.5. The molecule has 25 heavy (non-hydrogen) atoms. The van der Waals surface area contributed by atoms with Gasteiger partial charge in [-0.1, -0.05) is 43.5 Å². The second-order valence-corrected chi connectivity index (χ2v) is 6.73. The summed E-state index contributed by atoms with van der Waals surface area (Å²) in [5.74, 6) is 0.181. The molecule has 3 nitrogen and oxygen atoms in total. The van der Waals surface area contributed by atoms with E-state index in [0.29, 0.717) is 17.9 Å². The molecular weight excluding hydrogens is 317 g/mol. The Hall–Kier alpha value is -2.36. The van der Waals surface area contributed by atoms with E-state index in [1.807, 2.05) is 18.2 Å². The van der Waals surface area contributed by atoms with Gasteiger partial charge in [0.25, 0.3) is 5.91 Å². The summed E-state index contributed by atoms with van der Waals surface area (Å²) in [6.45, 7) is 0.507. The average Bonchev–Trinajstić information content (AvgIpc) is 2.67. The number of carbonyl (C=O) groups is 1. The van der Waals surface area contributed by atoms with Gasteiger partial charge in [-0.2, -0.15) is 0 Å². The van der Waals surface area contributed by atoms with Crippen LogP contribution in [0.15, 0.2) is 48.5 Å². The lowest BCUT2D eigenvalue weighted by molar-refractivity contribution is 0.0933. The third kappa shape index (κ3) is 3.84. The minimum atomic E-state index is -0.224. The molecular formula is C21H24FNO2. The van der Waals surface area contributed by atoms with Crippen molar-refractivity contribution in [1.29, 1.82) is 0 Å². The van der Waals surface area contributed by atoms with Crippen LogP contribution in [-0.4, -0.2) is 19.6 Å². The predicted molar refractivity (Wildman–Crippen MR) is 96.5 cm³/mol. The Kier molecular flexibility index (Phi) is 5.37. The van der Waals surface area contributed by atoms with Crippen LogP contribution in [0.3, 0.4) is 0 Å². The lowest BCUT2D eigenvalue weighted by Gasteiger charge is -2.38.